The molecule has 0 aliphatic carbocycles. The Morgan fingerprint density at radius 2 is 1.71 bits per heavy atom. The Hall–Kier alpha value is -2.38. The molecule has 1 N–H and O–H groups in total. The summed E-state index contributed by atoms with van der Waals surface area (Å²) >= 11 is 0. The topological polar surface area (TPSA) is 75.7 Å². The van der Waals surface area contributed by atoms with Gasteiger partial charge in [0.2, 0.25) is 10.0 Å². The number of rotatable bonds is 7. The van der Waals surface area contributed by atoms with Crippen molar-refractivity contribution in [1.82, 2.24) is 9.62 Å². The minimum Gasteiger partial charge on any atom is -0.491 e. The maximum absolute atomic E-state index is 13.1. The van der Waals surface area contributed by atoms with E-state index < -0.39 is 10.0 Å². The molecule has 1 aliphatic rings. The van der Waals surface area contributed by atoms with E-state index in [4.69, 9.17) is 4.74 Å². The molecule has 1 heterocycles. The van der Waals surface area contributed by atoms with Crippen LogP contribution >= 0.6 is 0 Å². The normalized spacial score (nSPS) is 16.4. The standard InChI is InChI=1S/C24H32N2O4S/c1-18-12-13-21(31(28,29)26-14-8-4-5-9-15-26)16-22(18)24(27)25-20(3)17-30-23-11-7-6-10-19(23)2/h6-7,10-13,16,20H,4-5,8-9,14-15,17H2,1-3H3,(H,25,27)/t20-/m0/s1. The Morgan fingerprint density at radius 1 is 1.03 bits per heavy atom. The Kier molecular flexibility index (Phi) is 7.73. The van der Waals surface area contributed by atoms with Gasteiger partial charge >= 0.3 is 0 Å². The Labute approximate surface area is 185 Å². The first-order valence-corrected chi connectivity index (χ1v) is 12.3. The van der Waals surface area contributed by atoms with Gasteiger partial charge < -0.3 is 10.1 Å². The summed E-state index contributed by atoms with van der Waals surface area (Å²) in [6.07, 6.45) is 3.85. The van der Waals surface area contributed by atoms with Crippen LogP contribution in [0.2, 0.25) is 0 Å². The van der Waals surface area contributed by atoms with Crippen molar-refractivity contribution in [2.75, 3.05) is 19.7 Å². The summed E-state index contributed by atoms with van der Waals surface area (Å²) < 4.78 is 33.6. The van der Waals surface area contributed by atoms with Gasteiger partial charge in [-0.1, -0.05) is 37.1 Å². The highest BCUT2D eigenvalue weighted by molar-refractivity contribution is 7.89. The highest BCUT2D eigenvalue weighted by Crippen LogP contribution is 2.23. The van der Waals surface area contributed by atoms with Gasteiger partial charge in [-0.05, 0) is 62.9 Å². The molecule has 0 saturated carbocycles. The SMILES string of the molecule is Cc1ccccc1OC[C@H](C)NC(=O)c1cc(S(=O)(=O)N2CCCCCC2)ccc1C. The molecule has 1 saturated heterocycles. The summed E-state index contributed by atoms with van der Waals surface area (Å²) in [5.41, 5.74) is 2.14. The van der Waals surface area contributed by atoms with Crippen molar-refractivity contribution in [3.8, 4) is 5.75 Å². The Balaban J connectivity index is 1.70. The maximum atomic E-state index is 13.1. The van der Waals surface area contributed by atoms with Gasteiger partial charge in [-0.25, -0.2) is 8.42 Å². The third kappa shape index (κ3) is 5.86. The van der Waals surface area contributed by atoms with Gasteiger partial charge in [-0.3, -0.25) is 4.79 Å². The van der Waals surface area contributed by atoms with E-state index in [9.17, 15) is 13.2 Å². The van der Waals surface area contributed by atoms with Crippen molar-refractivity contribution >= 4 is 15.9 Å². The second kappa shape index (κ2) is 10.3. The molecule has 31 heavy (non-hydrogen) atoms. The second-order valence-electron chi connectivity index (χ2n) is 8.25. The molecule has 0 aromatic heterocycles. The summed E-state index contributed by atoms with van der Waals surface area (Å²) in [6, 6.07) is 12.3. The fourth-order valence-electron chi connectivity index (χ4n) is 3.71. The fraction of sp³-hybridized carbons (Fsp3) is 0.458. The molecule has 7 heteroatoms. The summed E-state index contributed by atoms with van der Waals surface area (Å²) in [6.45, 7) is 7.03. The number of hydrogen-bond donors (Lipinski definition) is 1. The molecule has 0 unspecified atom stereocenters. The van der Waals surface area contributed by atoms with E-state index >= 15 is 0 Å². The zero-order valence-electron chi connectivity index (χ0n) is 18.6. The van der Waals surface area contributed by atoms with E-state index in [-0.39, 0.29) is 16.8 Å². The molecule has 1 aliphatic heterocycles. The van der Waals surface area contributed by atoms with E-state index in [1.807, 2.05) is 45.0 Å². The average molecular weight is 445 g/mol. The second-order valence-corrected chi connectivity index (χ2v) is 10.2. The van der Waals surface area contributed by atoms with Crippen LogP contribution in [0.1, 0.15) is 54.1 Å². The van der Waals surface area contributed by atoms with E-state index in [1.54, 1.807) is 16.4 Å². The molecule has 0 bridgehead atoms. The lowest BCUT2D eigenvalue weighted by atomic mass is 10.1. The van der Waals surface area contributed by atoms with Crippen molar-refractivity contribution in [2.45, 2.75) is 57.4 Å². The molecule has 2 aromatic rings. The molecule has 3 rings (SSSR count). The lowest BCUT2D eigenvalue weighted by Crippen LogP contribution is -2.37. The van der Waals surface area contributed by atoms with E-state index in [0.29, 0.717) is 25.3 Å². The van der Waals surface area contributed by atoms with Crippen LogP contribution in [0.15, 0.2) is 47.4 Å². The van der Waals surface area contributed by atoms with Crippen LogP contribution in [-0.2, 0) is 10.0 Å². The van der Waals surface area contributed by atoms with Crippen LogP contribution in [0.25, 0.3) is 0 Å². The molecular formula is C24H32N2O4S. The number of carbonyl (C=O) groups excluding carboxylic acids is 1. The molecule has 1 amide bonds. The van der Waals surface area contributed by atoms with Crippen LogP contribution in [0.4, 0.5) is 0 Å². The first-order chi connectivity index (χ1) is 14.8. The van der Waals surface area contributed by atoms with Crippen LogP contribution in [0, 0.1) is 13.8 Å². The molecule has 0 spiro atoms. The number of nitrogens with zero attached hydrogens (tertiary/aromatic N) is 1. The Bertz CT molecular complexity index is 1010. The molecule has 1 fully saturated rings. The molecule has 2 aromatic carbocycles. The number of sulfonamides is 1. The molecule has 1 atom stereocenters. The van der Waals surface area contributed by atoms with Crippen LogP contribution in [0.5, 0.6) is 5.75 Å². The van der Waals surface area contributed by atoms with Gasteiger partial charge in [0, 0.05) is 18.7 Å². The smallest absolute Gasteiger partial charge is 0.251 e. The molecule has 0 radical (unpaired) electrons. The monoisotopic (exact) mass is 444 g/mol. The first-order valence-electron chi connectivity index (χ1n) is 10.9. The van der Waals surface area contributed by atoms with Gasteiger partial charge in [0.05, 0.1) is 10.9 Å². The highest BCUT2D eigenvalue weighted by atomic mass is 32.2. The van der Waals surface area contributed by atoms with Crippen molar-refractivity contribution < 1.29 is 17.9 Å². The number of ether oxygens (including phenoxy) is 1. The van der Waals surface area contributed by atoms with Gasteiger partial charge in [-0.15, -0.1) is 0 Å². The van der Waals surface area contributed by atoms with Crippen LogP contribution in [-0.4, -0.2) is 44.4 Å². The average Bonchev–Trinajstić information content (AvgIpc) is 3.03. The van der Waals surface area contributed by atoms with Crippen molar-refractivity contribution in [1.29, 1.82) is 0 Å². The first kappa shape index (κ1) is 23.3. The number of para-hydroxylation sites is 1. The summed E-state index contributed by atoms with van der Waals surface area (Å²) in [5, 5.41) is 2.92. The maximum Gasteiger partial charge on any atom is 0.251 e. The minimum atomic E-state index is -3.61. The van der Waals surface area contributed by atoms with Crippen molar-refractivity contribution in [3.05, 3.63) is 59.2 Å². The lowest BCUT2D eigenvalue weighted by molar-refractivity contribution is 0.0925. The molecule has 6 nitrogen and oxygen atoms in total. The third-order valence-corrected chi connectivity index (χ3v) is 7.51. The Morgan fingerprint density at radius 3 is 2.39 bits per heavy atom. The number of hydrogen-bond acceptors (Lipinski definition) is 4. The molecular weight excluding hydrogens is 412 g/mol. The summed E-state index contributed by atoms with van der Waals surface area (Å²) in [4.78, 5) is 13.1. The quantitative estimate of drug-likeness (QED) is 0.699. The van der Waals surface area contributed by atoms with E-state index in [1.165, 1.54) is 6.07 Å². The van der Waals surface area contributed by atoms with Gasteiger partial charge in [0.1, 0.15) is 12.4 Å². The predicted octanol–water partition coefficient (Wildman–Crippen LogP) is 4.07. The van der Waals surface area contributed by atoms with Crippen LogP contribution < -0.4 is 10.1 Å². The highest BCUT2D eigenvalue weighted by Gasteiger charge is 2.26. The summed E-state index contributed by atoms with van der Waals surface area (Å²) in [5.74, 6) is 0.483. The zero-order valence-corrected chi connectivity index (χ0v) is 19.4. The largest absolute Gasteiger partial charge is 0.491 e. The lowest BCUT2D eigenvalue weighted by Gasteiger charge is -2.21. The van der Waals surface area contributed by atoms with Gasteiger partial charge in [0.25, 0.3) is 5.91 Å². The van der Waals surface area contributed by atoms with Gasteiger partial charge in [0.15, 0.2) is 0 Å². The zero-order chi connectivity index (χ0) is 22.4. The number of benzene rings is 2. The molecule has 168 valence electrons. The predicted molar refractivity (Wildman–Crippen MR) is 122 cm³/mol. The number of aryl methyl sites for hydroxylation is 2. The third-order valence-electron chi connectivity index (χ3n) is 5.62. The minimum absolute atomic E-state index is 0.175. The number of carbonyl (C=O) groups is 1. The number of nitrogens with one attached hydrogen (secondary N) is 1. The van der Waals surface area contributed by atoms with Gasteiger partial charge in [-0.2, -0.15) is 4.31 Å². The summed E-state index contributed by atoms with van der Waals surface area (Å²) in [7, 11) is -3.61. The number of amides is 1. The van der Waals surface area contributed by atoms with Crippen LogP contribution in [0.3, 0.4) is 0 Å². The van der Waals surface area contributed by atoms with Crippen molar-refractivity contribution in [3.63, 3.8) is 0 Å². The van der Waals surface area contributed by atoms with E-state index in [0.717, 1.165) is 42.6 Å². The van der Waals surface area contributed by atoms with Crippen molar-refractivity contribution in [2.24, 2.45) is 0 Å². The van der Waals surface area contributed by atoms with E-state index in [2.05, 4.69) is 5.32 Å². The fourth-order valence-corrected chi connectivity index (χ4v) is 5.26.